The third-order valence-corrected chi connectivity index (χ3v) is 11.6. The van der Waals surface area contributed by atoms with Crippen LogP contribution in [-0.4, -0.2) is 83.6 Å². The van der Waals surface area contributed by atoms with Crippen molar-refractivity contribution in [1.29, 1.82) is 0 Å². The van der Waals surface area contributed by atoms with Crippen LogP contribution in [0.2, 0.25) is 25.7 Å². The molecule has 2 atom stereocenters. The quantitative estimate of drug-likeness (QED) is 0.0977. The van der Waals surface area contributed by atoms with E-state index in [1.807, 2.05) is 89.2 Å². The first-order valence-electron chi connectivity index (χ1n) is 19.8. The van der Waals surface area contributed by atoms with Crippen LogP contribution < -0.4 is 14.4 Å². The van der Waals surface area contributed by atoms with Gasteiger partial charge in [0.1, 0.15) is 29.4 Å². The molecule has 3 aromatic rings. The van der Waals surface area contributed by atoms with Crippen LogP contribution in [0.25, 0.3) is 0 Å². The average Bonchev–Trinajstić information content (AvgIpc) is 3.14. The minimum atomic E-state index is -1.32. The number of ether oxygens (including phenoxy) is 7. The second-order valence-electron chi connectivity index (χ2n) is 17.3. The van der Waals surface area contributed by atoms with E-state index in [9.17, 15) is 9.59 Å². The van der Waals surface area contributed by atoms with Crippen LogP contribution >= 0.6 is 0 Å². The van der Waals surface area contributed by atoms with Gasteiger partial charge in [0.25, 0.3) is 0 Å². The molecular formula is C44H62N2O9Si. The molecule has 2 amide bonds. The van der Waals surface area contributed by atoms with Crippen LogP contribution in [-0.2, 0) is 42.5 Å². The van der Waals surface area contributed by atoms with Gasteiger partial charge in [-0.2, -0.15) is 0 Å². The van der Waals surface area contributed by atoms with Crippen molar-refractivity contribution in [3.05, 3.63) is 89.0 Å². The molecule has 0 aliphatic carbocycles. The first-order valence-corrected chi connectivity index (χ1v) is 23.5. The predicted molar refractivity (Wildman–Crippen MR) is 220 cm³/mol. The van der Waals surface area contributed by atoms with Gasteiger partial charge in [-0.05, 0) is 70.8 Å². The number of carbonyl (C=O) groups excluding carboxylic acids is 2. The molecule has 0 N–H and O–H groups in total. The molecule has 0 saturated carbocycles. The van der Waals surface area contributed by atoms with Gasteiger partial charge in [0.05, 0.1) is 51.9 Å². The smallest absolute Gasteiger partial charge is 0.417 e. The lowest BCUT2D eigenvalue weighted by atomic mass is 9.87. The number of cyclic esters (lactones) is 1. The van der Waals surface area contributed by atoms with Crippen LogP contribution in [0, 0.1) is 0 Å². The number of carbonyl (C=O) groups is 2. The van der Waals surface area contributed by atoms with Crippen LogP contribution in [0.1, 0.15) is 75.6 Å². The third kappa shape index (κ3) is 12.0. The molecule has 3 aromatic carbocycles. The Labute approximate surface area is 334 Å². The SMILES string of the molecule is COc1ccccc1COCCCOc1ccc(C2CCN(C(=O)OC(C)(C)C)CC2OCc2cccc3c2N(COCC[Si](C)(C)C)C(=O)OC3(C)C)cc1. The number of para-hydroxylation sites is 2. The van der Waals surface area contributed by atoms with Crippen LogP contribution in [0.4, 0.5) is 15.3 Å². The maximum absolute atomic E-state index is 13.4. The zero-order chi connectivity index (χ0) is 40.5. The number of nitrogens with zero attached hydrogens (tertiary/aromatic N) is 2. The summed E-state index contributed by atoms with van der Waals surface area (Å²) in [6, 6.07) is 22.9. The first-order chi connectivity index (χ1) is 26.5. The molecular weight excluding hydrogens is 729 g/mol. The highest BCUT2D eigenvalue weighted by atomic mass is 28.3. The van der Waals surface area contributed by atoms with Gasteiger partial charge >= 0.3 is 12.2 Å². The molecule has 5 rings (SSSR count). The van der Waals surface area contributed by atoms with Gasteiger partial charge in [-0.15, -0.1) is 0 Å². The predicted octanol–water partition coefficient (Wildman–Crippen LogP) is 9.49. The summed E-state index contributed by atoms with van der Waals surface area (Å²) in [6.45, 7) is 19.7. The van der Waals surface area contributed by atoms with E-state index < -0.39 is 25.4 Å². The van der Waals surface area contributed by atoms with Gasteiger partial charge in [0.15, 0.2) is 0 Å². The Morgan fingerprint density at radius 1 is 0.911 bits per heavy atom. The first kappa shape index (κ1) is 43.0. The van der Waals surface area contributed by atoms with Gasteiger partial charge in [-0.3, -0.25) is 4.90 Å². The highest BCUT2D eigenvalue weighted by Gasteiger charge is 2.41. The van der Waals surface area contributed by atoms with Gasteiger partial charge in [0, 0.05) is 50.3 Å². The molecule has 11 nitrogen and oxygen atoms in total. The second-order valence-corrected chi connectivity index (χ2v) is 22.9. The lowest BCUT2D eigenvalue weighted by molar-refractivity contribution is -0.0362. The molecule has 1 saturated heterocycles. The average molecular weight is 791 g/mol. The minimum Gasteiger partial charge on any atom is -0.496 e. The van der Waals surface area contributed by atoms with Crippen molar-refractivity contribution in [2.24, 2.45) is 0 Å². The molecule has 2 aliphatic rings. The highest BCUT2D eigenvalue weighted by Crippen LogP contribution is 2.42. The Morgan fingerprint density at radius 2 is 1.64 bits per heavy atom. The topological polar surface area (TPSA) is 105 Å². The normalized spacial score (nSPS) is 18.3. The lowest BCUT2D eigenvalue weighted by Crippen LogP contribution is -2.48. The van der Waals surface area contributed by atoms with E-state index in [2.05, 4.69) is 31.8 Å². The molecule has 0 bridgehead atoms. The molecule has 306 valence electrons. The summed E-state index contributed by atoms with van der Waals surface area (Å²) in [5.41, 5.74) is 3.17. The highest BCUT2D eigenvalue weighted by molar-refractivity contribution is 6.76. The van der Waals surface area contributed by atoms with Crippen LogP contribution in [0.15, 0.2) is 66.7 Å². The molecule has 1 fully saturated rings. The van der Waals surface area contributed by atoms with E-state index in [0.29, 0.717) is 45.9 Å². The summed E-state index contributed by atoms with van der Waals surface area (Å²) in [5.74, 6) is 1.61. The number of piperidine rings is 1. The van der Waals surface area contributed by atoms with Crippen molar-refractivity contribution in [3.8, 4) is 11.5 Å². The monoisotopic (exact) mass is 790 g/mol. The number of anilines is 1. The zero-order valence-electron chi connectivity index (χ0n) is 34.9. The van der Waals surface area contributed by atoms with Crippen molar-refractivity contribution in [2.45, 2.75) is 110 Å². The molecule has 0 aromatic heterocycles. The number of likely N-dealkylation sites (tertiary alicyclic amines) is 1. The summed E-state index contributed by atoms with van der Waals surface area (Å²) >= 11 is 0. The van der Waals surface area contributed by atoms with E-state index in [-0.39, 0.29) is 31.5 Å². The number of benzene rings is 3. The Balaban J connectivity index is 1.27. The van der Waals surface area contributed by atoms with Gasteiger partial charge in [-0.25, -0.2) is 9.59 Å². The Kier molecular flexibility index (Phi) is 14.5. The maximum atomic E-state index is 13.4. The molecule has 0 radical (unpaired) electrons. The summed E-state index contributed by atoms with van der Waals surface area (Å²) in [6.07, 6.45) is 0.289. The summed E-state index contributed by atoms with van der Waals surface area (Å²) in [7, 11) is 0.344. The Morgan fingerprint density at radius 3 is 2.36 bits per heavy atom. The van der Waals surface area contributed by atoms with Crippen molar-refractivity contribution in [2.75, 3.05) is 51.7 Å². The molecule has 0 spiro atoms. The zero-order valence-corrected chi connectivity index (χ0v) is 35.9. The van der Waals surface area contributed by atoms with E-state index in [1.54, 1.807) is 16.9 Å². The summed E-state index contributed by atoms with van der Waals surface area (Å²) in [4.78, 5) is 30.0. The molecule has 56 heavy (non-hydrogen) atoms. The number of hydrogen-bond donors (Lipinski definition) is 0. The molecule has 12 heteroatoms. The van der Waals surface area contributed by atoms with Crippen molar-refractivity contribution >= 4 is 25.9 Å². The van der Waals surface area contributed by atoms with E-state index in [1.165, 1.54) is 0 Å². The van der Waals surface area contributed by atoms with Crippen molar-refractivity contribution < 1.29 is 42.7 Å². The standard InChI is InChI=1S/C44H62N2O9Si/c1-43(2,3)54-41(47)45-23-22-36(32-18-20-35(21-19-32)52-25-13-24-50-29-33-14-10-11-17-38(33)49-6)39(28-45)53-30-34-15-12-16-37-40(34)46(42(48)55-44(37,4)5)31-51-26-27-56(7,8)9/h10-12,14-21,36,39H,13,22-31H2,1-9H3. The number of methoxy groups -OCH3 is 1. The molecule has 2 heterocycles. The van der Waals surface area contributed by atoms with Crippen molar-refractivity contribution in [1.82, 2.24) is 4.90 Å². The van der Waals surface area contributed by atoms with E-state index in [4.69, 9.17) is 33.2 Å². The number of fused-ring (bicyclic) bond motifs is 1. The van der Waals surface area contributed by atoms with Crippen LogP contribution in [0.3, 0.4) is 0 Å². The number of amides is 2. The van der Waals surface area contributed by atoms with Crippen molar-refractivity contribution in [3.63, 3.8) is 0 Å². The second kappa shape index (κ2) is 18.9. The maximum Gasteiger partial charge on any atom is 0.417 e. The van der Waals surface area contributed by atoms with Gasteiger partial charge in [-0.1, -0.05) is 68.2 Å². The summed E-state index contributed by atoms with van der Waals surface area (Å²) < 4.78 is 41.8. The fourth-order valence-electron chi connectivity index (χ4n) is 6.91. The van der Waals surface area contributed by atoms with E-state index >= 15 is 0 Å². The number of hydrogen-bond acceptors (Lipinski definition) is 9. The largest absolute Gasteiger partial charge is 0.496 e. The third-order valence-electron chi connectivity index (χ3n) is 9.94. The van der Waals surface area contributed by atoms with Gasteiger partial charge in [0.2, 0.25) is 0 Å². The summed E-state index contributed by atoms with van der Waals surface area (Å²) in [5, 5.41) is 0. The molecule has 2 aliphatic heterocycles. The van der Waals surface area contributed by atoms with Crippen LogP contribution in [0.5, 0.6) is 11.5 Å². The van der Waals surface area contributed by atoms with E-state index in [0.717, 1.165) is 51.9 Å². The molecule has 2 unspecified atom stereocenters. The Hall–Kier alpha value is -4.10. The fourth-order valence-corrected chi connectivity index (χ4v) is 7.66. The number of rotatable bonds is 17. The van der Waals surface area contributed by atoms with Gasteiger partial charge < -0.3 is 38.1 Å². The minimum absolute atomic E-state index is 0.00746. The Bertz CT molecular complexity index is 1750. The lowest BCUT2D eigenvalue weighted by Gasteiger charge is -2.41. The fraction of sp³-hybridized carbons (Fsp3) is 0.545.